The van der Waals surface area contributed by atoms with Crippen molar-refractivity contribution in [1.29, 1.82) is 0 Å². The molecule has 0 heterocycles. The fourth-order valence-corrected chi connectivity index (χ4v) is 5.72. The number of sulfonamides is 1. The fourth-order valence-electron chi connectivity index (χ4n) is 4.34. The van der Waals surface area contributed by atoms with Crippen LogP contribution in [0.15, 0.2) is 36.4 Å². The highest BCUT2D eigenvalue weighted by molar-refractivity contribution is 7.92. The zero-order chi connectivity index (χ0) is 23.5. The maximum Gasteiger partial charge on any atom is 0.244 e. The lowest BCUT2D eigenvalue weighted by molar-refractivity contribution is -0.123. The zero-order valence-electron chi connectivity index (χ0n) is 18.7. The van der Waals surface area contributed by atoms with Crippen LogP contribution < -0.4 is 9.62 Å². The predicted molar refractivity (Wildman–Crippen MR) is 127 cm³/mol. The average Bonchev–Trinajstić information content (AvgIpc) is 2.76. The molecule has 1 amide bonds. The van der Waals surface area contributed by atoms with Gasteiger partial charge in [-0.1, -0.05) is 43.6 Å². The minimum atomic E-state index is -3.83. The van der Waals surface area contributed by atoms with Gasteiger partial charge in [-0.15, -0.1) is 0 Å². The van der Waals surface area contributed by atoms with Gasteiger partial charge in [-0.2, -0.15) is 0 Å². The van der Waals surface area contributed by atoms with Crippen molar-refractivity contribution in [2.75, 3.05) is 10.6 Å². The summed E-state index contributed by atoms with van der Waals surface area (Å²) in [6.07, 6.45) is 6.44. The normalized spacial score (nSPS) is 15.5. The second-order valence-corrected chi connectivity index (χ2v) is 10.6. The van der Waals surface area contributed by atoms with Gasteiger partial charge < -0.3 is 5.32 Å². The highest BCUT2D eigenvalue weighted by Crippen LogP contribution is 2.29. The van der Waals surface area contributed by atoms with E-state index in [1.54, 1.807) is 6.92 Å². The number of nitrogens with zero attached hydrogens (tertiary/aromatic N) is 1. The van der Waals surface area contributed by atoms with Crippen LogP contribution in [0.4, 0.5) is 10.1 Å². The van der Waals surface area contributed by atoms with Crippen molar-refractivity contribution in [1.82, 2.24) is 5.32 Å². The topological polar surface area (TPSA) is 66.5 Å². The molecule has 0 aromatic heterocycles. The summed E-state index contributed by atoms with van der Waals surface area (Å²) in [4.78, 5) is 13.3. The van der Waals surface area contributed by atoms with E-state index >= 15 is 0 Å². The number of hydrogen-bond acceptors (Lipinski definition) is 3. The second-order valence-electron chi connectivity index (χ2n) is 8.29. The van der Waals surface area contributed by atoms with Crippen molar-refractivity contribution in [3.8, 4) is 0 Å². The third kappa shape index (κ3) is 5.44. The SMILES string of the molecule is CC[C@H](NC(=O)[C@@H](CC)N(c1ccc(F)c(Cl)c1)S(C)(=O)=O)c1ccc2c(c1)CCCC2. The molecular formula is C24H30ClFN2O3S. The molecule has 1 N–H and O–H groups in total. The highest BCUT2D eigenvalue weighted by Gasteiger charge is 2.33. The van der Waals surface area contributed by atoms with E-state index in [4.69, 9.17) is 11.6 Å². The van der Waals surface area contributed by atoms with Crippen molar-refractivity contribution in [3.63, 3.8) is 0 Å². The Labute approximate surface area is 195 Å². The third-order valence-corrected chi connectivity index (χ3v) is 7.46. The molecule has 0 aliphatic heterocycles. The molecule has 32 heavy (non-hydrogen) atoms. The molecule has 2 aromatic rings. The molecule has 0 unspecified atom stereocenters. The number of carbonyl (C=O) groups is 1. The summed E-state index contributed by atoms with van der Waals surface area (Å²) in [6, 6.07) is 8.78. The van der Waals surface area contributed by atoms with Gasteiger partial charge in [0.15, 0.2) is 0 Å². The Kier molecular flexibility index (Phi) is 7.83. The van der Waals surface area contributed by atoms with Crippen molar-refractivity contribution < 1.29 is 17.6 Å². The van der Waals surface area contributed by atoms with Crippen molar-refractivity contribution in [2.24, 2.45) is 0 Å². The minimum absolute atomic E-state index is 0.155. The predicted octanol–water partition coefficient (Wildman–Crippen LogP) is 5.17. The average molecular weight is 481 g/mol. The van der Waals surface area contributed by atoms with Crippen LogP contribution in [0.5, 0.6) is 0 Å². The number of halogens is 2. The van der Waals surface area contributed by atoms with Gasteiger partial charge in [-0.25, -0.2) is 12.8 Å². The Morgan fingerprint density at radius 2 is 1.78 bits per heavy atom. The van der Waals surface area contributed by atoms with Crippen LogP contribution in [0.25, 0.3) is 0 Å². The molecule has 3 rings (SSSR count). The van der Waals surface area contributed by atoms with E-state index in [9.17, 15) is 17.6 Å². The Morgan fingerprint density at radius 1 is 1.09 bits per heavy atom. The van der Waals surface area contributed by atoms with Gasteiger partial charge >= 0.3 is 0 Å². The van der Waals surface area contributed by atoms with Gasteiger partial charge in [0.1, 0.15) is 11.9 Å². The number of nitrogens with one attached hydrogen (secondary N) is 1. The smallest absolute Gasteiger partial charge is 0.244 e. The number of fused-ring (bicyclic) bond motifs is 1. The van der Waals surface area contributed by atoms with Gasteiger partial charge in [0, 0.05) is 0 Å². The summed E-state index contributed by atoms with van der Waals surface area (Å²) in [7, 11) is -3.83. The van der Waals surface area contributed by atoms with Crippen LogP contribution in [0.2, 0.25) is 5.02 Å². The van der Waals surface area contributed by atoms with Gasteiger partial charge in [-0.3, -0.25) is 9.10 Å². The first-order chi connectivity index (χ1) is 15.2. The van der Waals surface area contributed by atoms with E-state index in [0.29, 0.717) is 6.42 Å². The lowest BCUT2D eigenvalue weighted by Gasteiger charge is -2.31. The standard InChI is InChI=1S/C24H30ClFN2O3S/c1-4-22(18-11-10-16-8-6-7-9-17(16)14-18)27-24(29)23(5-2)28(32(3,30)31)19-12-13-21(26)20(25)15-19/h10-15,22-23H,4-9H2,1-3H3,(H,27,29)/t22-,23+/m0/s1. The summed E-state index contributed by atoms with van der Waals surface area (Å²) in [5, 5.41) is 2.84. The number of benzene rings is 2. The van der Waals surface area contributed by atoms with E-state index in [1.165, 1.54) is 36.1 Å². The largest absolute Gasteiger partial charge is 0.347 e. The second kappa shape index (κ2) is 10.2. The van der Waals surface area contributed by atoms with Crippen molar-refractivity contribution in [2.45, 2.75) is 64.5 Å². The van der Waals surface area contributed by atoms with Crippen LogP contribution in [0.1, 0.15) is 62.3 Å². The molecule has 2 atom stereocenters. The van der Waals surface area contributed by atoms with Crippen LogP contribution >= 0.6 is 11.6 Å². The van der Waals surface area contributed by atoms with Gasteiger partial charge in [-0.05, 0) is 73.4 Å². The van der Waals surface area contributed by atoms with Gasteiger partial charge in [0.2, 0.25) is 15.9 Å². The third-order valence-electron chi connectivity index (χ3n) is 5.99. The van der Waals surface area contributed by atoms with Crippen molar-refractivity contribution >= 4 is 33.2 Å². The van der Waals surface area contributed by atoms with Crippen molar-refractivity contribution in [3.05, 3.63) is 63.9 Å². The summed E-state index contributed by atoms with van der Waals surface area (Å²) in [5.74, 6) is -1.05. The maximum absolute atomic E-state index is 13.6. The van der Waals surface area contributed by atoms with Crippen LogP contribution in [0, 0.1) is 5.82 Å². The molecule has 1 aliphatic rings. The molecule has 0 saturated carbocycles. The molecule has 0 saturated heterocycles. The first-order valence-corrected chi connectivity index (χ1v) is 13.2. The lowest BCUT2D eigenvalue weighted by Crippen LogP contribution is -2.50. The summed E-state index contributed by atoms with van der Waals surface area (Å²) < 4.78 is 39.9. The molecule has 0 spiro atoms. The van der Waals surface area contributed by atoms with Crippen LogP contribution in [-0.2, 0) is 27.7 Å². The number of aryl methyl sites for hydroxylation is 2. The molecule has 2 aromatic carbocycles. The molecule has 5 nitrogen and oxygen atoms in total. The minimum Gasteiger partial charge on any atom is -0.347 e. The summed E-state index contributed by atoms with van der Waals surface area (Å²) >= 11 is 5.88. The van der Waals surface area contributed by atoms with E-state index in [2.05, 4.69) is 17.4 Å². The quantitative estimate of drug-likeness (QED) is 0.566. The number of carbonyl (C=O) groups excluding carboxylic acids is 1. The molecule has 0 radical (unpaired) electrons. The Bertz CT molecular complexity index is 1090. The van der Waals surface area contributed by atoms with E-state index < -0.39 is 27.8 Å². The lowest BCUT2D eigenvalue weighted by atomic mass is 9.88. The number of amides is 1. The number of anilines is 1. The summed E-state index contributed by atoms with van der Waals surface area (Å²) in [6.45, 7) is 3.73. The van der Waals surface area contributed by atoms with E-state index in [-0.39, 0.29) is 23.2 Å². The zero-order valence-corrected chi connectivity index (χ0v) is 20.3. The van der Waals surface area contributed by atoms with E-state index in [0.717, 1.165) is 35.0 Å². The molecule has 174 valence electrons. The first-order valence-electron chi connectivity index (χ1n) is 11.0. The molecular weight excluding hydrogens is 451 g/mol. The molecule has 8 heteroatoms. The Morgan fingerprint density at radius 3 is 2.38 bits per heavy atom. The fraction of sp³-hybridized carbons (Fsp3) is 0.458. The van der Waals surface area contributed by atoms with Crippen LogP contribution in [-0.4, -0.2) is 26.6 Å². The molecule has 0 fully saturated rings. The van der Waals surface area contributed by atoms with Gasteiger partial charge in [0.05, 0.1) is 23.0 Å². The monoisotopic (exact) mass is 480 g/mol. The van der Waals surface area contributed by atoms with Crippen LogP contribution in [0.3, 0.4) is 0 Å². The van der Waals surface area contributed by atoms with Gasteiger partial charge in [0.25, 0.3) is 0 Å². The maximum atomic E-state index is 13.6. The molecule has 1 aliphatic carbocycles. The molecule has 0 bridgehead atoms. The first kappa shape index (κ1) is 24.5. The number of rotatable bonds is 8. The number of hydrogen-bond donors (Lipinski definition) is 1. The van der Waals surface area contributed by atoms with E-state index in [1.807, 2.05) is 13.0 Å². The summed E-state index contributed by atoms with van der Waals surface area (Å²) in [5.41, 5.74) is 3.87. The highest BCUT2D eigenvalue weighted by atomic mass is 35.5. The Balaban J connectivity index is 1.89. The Hall–Kier alpha value is -2.12.